The van der Waals surface area contributed by atoms with E-state index < -0.39 is 4.92 Å². The summed E-state index contributed by atoms with van der Waals surface area (Å²) in [4.78, 5) is 14.7. The van der Waals surface area contributed by atoms with Crippen LogP contribution in [0, 0.1) is 10.1 Å². The molecular formula is C14H16N4O2. The van der Waals surface area contributed by atoms with E-state index in [9.17, 15) is 10.1 Å². The zero-order valence-corrected chi connectivity index (χ0v) is 11.4. The molecule has 2 aromatic rings. The van der Waals surface area contributed by atoms with E-state index in [2.05, 4.69) is 22.5 Å². The minimum atomic E-state index is -0.437. The van der Waals surface area contributed by atoms with Gasteiger partial charge in [-0.25, -0.2) is 4.98 Å². The predicted molar refractivity (Wildman–Crippen MR) is 79.5 cm³/mol. The lowest BCUT2D eigenvalue weighted by molar-refractivity contribution is -0.384. The molecule has 0 fully saturated rings. The number of rotatable bonds is 5. The molecule has 0 atom stereocenters. The molecule has 1 aromatic heterocycles. The molecule has 0 amide bonds. The largest absolute Gasteiger partial charge is 0.373 e. The van der Waals surface area contributed by atoms with Crippen molar-refractivity contribution in [2.24, 2.45) is 0 Å². The van der Waals surface area contributed by atoms with Crippen LogP contribution in [0.3, 0.4) is 0 Å². The Labute approximate surface area is 117 Å². The second-order valence-electron chi connectivity index (χ2n) is 4.28. The predicted octanol–water partition coefficient (Wildman–Crippen LogP) is 3.34. The SMILES string of the molecule is CCc1ccc(Nc2cc([N+](=O)[O-])cc(NC)n2)cc1. The molecule has 0 bridgehead atoms. The first-order chi connectivity index (χ1) is 9.62. The lowest BCUT2D eigenvalue weighted by atomic mass is 10.1. The van der Waals surface area contributed by atoms with Crippen LogP contribution in [0.1, 0.15) is 12.5 Å². The maximum absolute atomic E-state index is 10.9. The molecule has 20 heavy (non-hydrogen) atoms. The Morgan fingerprint density at radius 3 is 2.40 bits per heavy atom. The highest BCUT2D eigenvalue weighted by Crippen LogP contribution is 2.23. The molecular weight excluding hydrogens is 256 g/mol. The average molecular weight is 272 g/mol. The molecule has 2 rings (SSSR count). The number of benzene rings is 1. The Morgan fingerprint density at radius 2 is 1.85 bits per heavy atom. The average Bonchev–Trinajstić information content (AvgIpc) is 2.47. The van der Waals surface area contributed by atoms with Crippen molar-refractivity contribution < 1.29 is 4.92 Å². The quantitative estimate of drug-likeness (QED) is 0.644. The van der Waals surface area contributed by atoms with Gasteiger partial charge in [0, 0.05) is 12.7 Å². The zero-order chi connectivity index (χ0) is 14.5. The van der Waals surface area contributed by atoms with Gasteiger partial charge in [0.2, 0.25) is 0 Å². The molecule has 6 heteroatoms. The van der Waals surface area contributed by atoms with Crippen LogP contribution >= 0.6 is 0 Å². The fourth-order valence-electron chi connectivity index (χ4n) is 1.79. The van der Waals surface area contributed by atoms with Gasteiger partial charge in [0.25, 0.3) is 5.69 Å². The molecule has 2 N–H and O–H groups in total. The van der Waals surface area contributed by atoms with Gasteiger partial charge in [0.05, 0.1) is 17.1 Å². The van der Waals surface area contributed by atoms with Gasteiger partial charge in [-0.05, 0) is 24.1 Å². The number of hydrogen-bond acceptors (Lipinski definition) is 5. The summed E-state index contributed by atoms with van der Waals surface area (Å²) in [6, 6.07) is 10.7. The summed E-state index contributed by atoms with van der Waals surface area (Å²) in [5.41, 5.74) is 2.08. The maximum Gasteiger partial charge on any atom is 0.276 e. The van der Waals surface area contributed by atoms with Gasteiger partial charge in [-0.1, -0.05) is 19.1 Å². The third kappa shape index (κ3) is 3.23. The van der Waals surface area contributed by atoms with Crippen LogP contribution in [0.2, 0.25) is 0 Å². The smallest absolute Gasteiger partial charge is 0.276 e. The Balaban J connectivity index is 2.27. The molecule has 0 aliphatic heterocycles. The molecule has 0 saturated heterocycles. The number of aromatic nitrogens is 1. The van der Waals surface area contributed by atoms with Gasteiger partial charge >= 0.3 is 0 Å². The zero-order valence-electron chi connectivity index (χ0n) is 11.4. The van der Waals surface area contributed by atoms with E-state index in [4.69, 9.17) is 0 Å². The first kappa shape index (κ1) is 13.8. The molecule has 0 aliphatic rings. The first-order valence-electron chi connectivity index (χ1n) is 6.32. The molecule has 6 nitrogen and oxygen atoms in total. The summed E-state index contributed by atoms with van der Waals surface area (Å²) in [5.74, 6) is 0.889. The fourth-order valence-corrected chi connectivity index (χ4v) is 1.79. The van der Waals surface area contributed by atoms with Gasteiger partial charge in [0.1, 0.15) is 11.6 Å². The normalized spacial score (nSPS) is 10.1. The van der Waals surface area contributed by atoms with Crippen LogP contribution in [0.15, 0.2) is 36.4 Å². The number of nitrogens with zero attached hydrogens (tertiary/aromatic N) is 2. The Bertz CT molecular complexity index is 611. The number of nitro groups is 1. The van der Waals surface area contributed by atoms with E-state index in [1.54, 1.807) is 7.05 Å². The van der Waals surface area contributed by atoms with E-state index in [0.29, 0.717) is 11.6 Å². The van der Waals surface area contributed by atoms with Gasteiger partial charge < -0.3 is 10.6 Å². The van der Waals surface area contributed by atoms with Crippen molar-refractivity contribution in [1.29, 1.82) is 0 Å². The van der Waals surface area contributed by atoms with E-state index in [1.165, 1.54) is 17.7 Å². The third-order valence-corrected chi connectivity index (χ3v) is 2.91. The van der Waals surface area contributed by atoms with Crippen LogP contribution < -0.4 is 10.6 Å². The molecule has 0 aliphatic carbocycles. The van der Waals surface area contributed by atoms with Crippen LogP contribution in [-0.4, -0.2) is 17.0 Å². The standard InChI is InChI=1S/C14H16N4O2/c1-3-10-4-6-11(7-5-10)16-14-9-12(18(19)20)8-13(15-2)17-14/h4-9H,3H2,1-2H3,(H2,15,16,17). The summed E-state index contributed by atoms with van der Waals surface area (Å²) in [5, 5.41) is 16.8. The van der Waals surface area contributed by atoms with E-state index in [-0.39, 0.29) is 5.69 Å². The number of anilines is 3. The van der Waals surface area contributed by atoms with Crippen LogP contribution in [-0.2, 0) is 6.42 Å². The summed E-state index contributed by atoms with van der Waals surface area (Å²) < 4.78 is 0. The van der Waals surface area contributed by atoms with E-state index in [0.717, 1.165) is 12.1 Å². The fraction of sp³-hybridized carbons (Fsp3) is 0.214. The highest BCUT2D eigenvalue weighted by atomic mass is 16.6. The molecule has 1 heterocycles. The van der Waals surface area contributed by atoms with Crippen LogP contribution in [0.25, 0.3) is 0 Å². The van der Waals surface area contributed by atoms with Crippen LogP contribution in [0.4, 0.5) is 23.0 Å². The van der Waals surface area contributed by atoms with E-state index >= 15 is 0 Å². The van der Waals surface area contributed by atoms with Gasteiger partial charge in [-0.3, -0.25) is 10.1 Å². The number of hydrogen-bond donors (Lipinski definition) is 2. The lowest BCUT2D eigenvalue weighted by Gasteiger charge is -2.08. The van der Waals surface area contributed by atoms with Crippen molar-refractivity contribution in [1.82, 2.24) is 4.98 Å². The minimum Gasteiger partial charge on any atom is -0.373 e. The van der Waals surface area contributed by atoms with Crippen molar-refractivity contribution in [2.75, 3.05) is 17.7 Å². The lowest BCUT2D eigenvalue weighted by Crippen LogP contribution is -2.00. The van der Waals surface area contributed by atoms with Gasteiger partial charge in [-0.15, -0.1) is 0 Å². The van der Waals surface area contributed by atoms with Crippen molar-refractivity contribution in [2.45, 2.75) is 13.3 Å². The topological polar surface area (TPSA) is 80.1 Å². The highest BCUT2D eigenvalue weighted by Gasteiger charge is 2.10. The molecule has 0 spiro atoms. The second-order valence-corrected chi connectivity index (χ2v) is 4.28. The summed E-state index contributed by atoms with van der Waals surface area (Å²) in [7, 11) is 1.67. The van der Waals surface area contributed by atoms with Gasteiger partial charge in [0.15, 0.2) is 0 Å². The number of nitrogens with one attached hydrogen (secondary N) is 2. The molecule has 104 valence electrons. The van der Waals surface area contributed by atoms with Crippen molar-refractivity contribution in [3.05, 3.63) is 52.1 Å². The van der Waals surface area contributed by atoms with Gasteiger partial charge in [-0.2, -0.15) is 0 Å². The molecule has 0 saturated carbocycles. The van der Waals surface area contributed by atoms with E-state index in [1.807, 2.05) is 24.3 Å². The number of aryl methyl sites for hydroxylation is 1. The third-order valence-electron chi connectivity index (χ3n) is 2.91. The molecule has 1 aromatic carbocycles. The Hall–Kier alpha value is -2.63. The highest BCUT2D eigenvalue weighted by molar-refractivity contribution is 5.62. The molecule has 0 unspecified atom stereocenters. The summed E-state index contributed by atoms with van der Waals surface area (Å²) >= 11 is 0. The second kappa shape index (κ2) is 6.01. The van der Waals surface area contributed by atoms with Crippen molar-refractivity contribution in [3.8, 4) is 0 Å². The van der Waals surface area contributed by atoms with Crippen molar-refractivity contribution >= 4 is 23.0 Å². The molecule has 0 radical (unpaired) electrons. The Kier molecular flexibility index (Phi) is 4.14. The monoisotopic (exact) mass is 272 g/mol. The minimum absolute atomic E-state index is 0.00275. The Morgan fingerprint density at radius 1 is 1.20 bits per heavy atom. The summed E-state index contributed by atoms with van der Waals surface area (Å²) in [6.07, 6.45) is 0.971. The number of pyridine rings is 1. The first-order valence-corrected chi connectivity index (χ1v) is 6.32. The van der Waals surface area contributed by atoms with Crippen molar-refractivity contribution in [3.63, 3.8) is 0 Å². The van der Waals surface area contributed by atoms with Crippen LogP contribution in [0.5, 0.6) is 0 Å². The summed E-state index contributed by atoms with van der Waals surface area (Å²) in [6.45, 7) is 2.09. The maximum atomic E-state index is 10.9.